The zero-order valence-electron chi connectivity index (χ0n) is 22.1. The van der Waals surface area contributed by atoms with Gasteiger partial charge in [-0.15, -0.1) is 0 Å². The van der Waals surface area contributed by atoms with Crippen molar-refractivity contribution in [3.63, 3.8) is 0 Å². The highest BCUT2D eigenvalue weighted by Crippen LogP contribution is 2.34. The van der Waals surface area contributed by atoms with Gasteiger partial charge in [-0.1, -0.05) is 6.07 Å². The molecule has 2 aliphatic heterocycles. The first kappa shape index (κ1) is 27.2. The molecule has 1 aliphatic carbocycles. The number of nitrogens with zero attached hydrogens (tertiary/aromatic N) is 2. The number of hydrogen-bond donors (Lipinski definition) is 3. The molecule has 0 radical (unpaired) electrons. The molecule has 3 N–H and O–H groups in total. The first-order chi connectivity index (χ1) is 17.6. The molecule has 1 aromatic rings. The van der Waals surface area contributed by atoms with E-state index in [9.17, 15) is 19.5 Å². The summed E-state index contributed by atoms with van der Waals surface area (Å²) in [4.78, 5) is 42.3. The number of rotatable bonds is 10. The number of fused-ring (bicyclic) bond motifs is 1. The van der Waals surface area contributed by atoms with Crippen LogP contribution in [0.1, 0.15) is 64.1 Å². The molecule has 37 heavy (non-hydrogen) atoms. The number of anilines is 1. The summed E-state index contributed by atoms with van der Waals surface area (Å²) in [6, 6.07) is 3.32. The van der Waals surface area contributed by atoms with Crippen molar-refractivity contribution in [2.24, 2.45) is 11.8 Å². The van der Waals surface area contributed by atoms with Gasteiger partial charge in [0.15, 0.2) is 0 Å². The van der Waals surface area contributed by atoms with Crippen molar-refractivity contribution in [1.29, 1.82) is 0 Å². The first-order valence-corrected chi connectivity index (χ1v) is 13.4. The second kappa shape index (κ2) is 11.7. The molecule has 2 fully saturated rings. The minimum Gasteiger partial charge on any atom is -0.480 e. The van der Waals surface area contributed by atoms with Gasteiger partial charge in [-0.2, -0.15) is 0 Å². The Morgan fingerprint density at radius 1 is 1.24 bits per heavy atom. The van der Waals surface area contributed by atoms with E-state index in [0.29, 0.717) is 5.92 Å². The highest BCUT2D eigenvalue weighted by atomic mass is 16.6. The van der Waals surface area contributed by atoms with Crippen molar-refractivity contribution in [1.82, 2.24) is 15.2 Å². The van der Waals surface area contributed by atoms with Crippen LogP contribution in [0.4, 0.5) is 10.6 Å². The van der Waals surface area contributed by atoms with Crippen LogP contribution < -0.4 is 10.6 Å². The summed E-state index contributed by atoms with van der Waals surface area (Å²) in [5.41, 5.74) is 1.83. The number of nitrogens with one attached hydrogen (secondary N) is 2. The van der Waals surface area contributed by atoms with Gasteiger partial charge in [-0.3, -0.25) is 4.79 Å². The molecule has 1 atom stereocenters. The third-order valence-electron chi connectivity index (χ3n) is 7.23. The second-order valence-electron chi connectivity index (χ2n) is 11.5. The molecule has 1 aromatic heterocycles. The zero-order valence-corrected chi connectivity index (χ0v) is 22.1. The number of carbonyl (C=O) groups excluding carboxylic acids is 2. The SMILES string of the molecule is CC(C)(C)OC(=O)N1CC(C(=O)NC(CCO[C@H]2C[C@H](CCc3ccc4c(n3)NCCC4)C2)C(=O)O)C1. The van der Waals surface area contributed by atoms with Gasteiger partial charge >= 0.3 is 12.1 Å². The van der Waals surface area contributed by atoms with Gasteiger partial charge < -0.3 is 30.1 Å². The molecule has 204 valence electrons. The number of pyridine rings is 1. The monoisotopic (exact) mass is 516 g/mol. The highest BCUT2D eigenvalue weighted by Gasteiger charge is 2.39. The number of aromatic nitrogens is 1. The third-order valence-corrected chi connectivity index (χ3v) is 7.23. The minimum atomic E-state index is -1.08. The number of carboxylic acids is 1. The molecular formula is C27H40N4O6. The lowest BCUT2D eigenvalue weighted by molar-refractivity contribution is -0.144. The Kier molecular flexibility index (Phi) is 8.56. The molecule has 1 saturated carbocycles. The van der Waals surface area contributed by atoms with E-state index in [4.69, 9.17) is 14.5 Å². The van der Waals surface area contributed by atoms with Gasteiger partial charge in [0.05, 0.1) is 12.0 Å². The predicted octanol–water partition coefficient (Wildman–Crippen LogP) is 2.99. The van der Waals surface area contributed by atoms with E-state index in [-0.39, 0.29) is 38.1 Å². The van der Waals surface area contributed by atoms with Crippen LogP contribution in [0.3, 0.4) is 0 Å². The number of aliphatic carboxylic acids is 1. The predicted molar refractivity (Wildman–Crippen MR) is 137 cm³/mol. The Morgan fingerprint density at radius 2 is 2.00 bits per heavy atom. The van der Waals surface area contributed by atoms with E-state index in [1.807, 2.05) is 0 Å². The van der Waals surface area contributed by atoms with Crippen LogP contribution in [0.15, 0.2) is 12.1 Å². The maximum absolute atomic E-state index is 12.5. The second-order valence-corrected chi connectivity index (χ2v) is 11.5. The summed E-state index contributed by atoms with van der Waals surface area (Å²) >= 11 is 0. The summed E-state index contributed by atoms with van der Waals surface area (Å²) in [6.45, 7) is 7.07. The maximum Gasteiger partial charge on any atom is 0.410 e. The summed E-state index contributed by atoms with van der Waals surface area (Å²) in [7, 11) is 0. The lowest BCUT2D eigenvalue weighted by atomic mass is 9.79. The molecule has 2 amide bonds. The maximum atomic E-state index is 12.5. The summed E-state index contributed by atoms with van der Waals surface area (Å²) in [5, 5.41) is 15.5. The summed E-state index contributed by atoms with van der Waals surface area (Å²) in [5.74, 6) is -0.239. The average Bonchev–Trinajstić information content (AvgIpc) is 2.76. The van der Waals surface area contributed by atoms with Gasteiger partial charge in [0.1, 0.15) is 17.5 Å². The van der Waals surface area contributed by atoms with E-state index < -0.39 is 29.6 Å². The Hall–Kier alpha value is -2.88. The molecule has 10 heteroatoms. The smallest absolute Gasteiger partial charge is 0.410 e. The van der Waals surface area contributed by atoms with E-state index >= 15 is 0 Å². The molecule has 0 bridgehead atoms. The molecule has 3 heterocycles. The molecule has 1 unspecified atom stereocenters. The number of aryl methyl sites for hydroxylation is 2. The number of amides is 2. The Morgan fingerprint density at radius 3 is 2.70 bits per heavy atom. The lowest BCUT2D eigenvalue weighted by Crippen LogP contribution is -2.58. The highest BCUT2D eigenvalue weighted by molar-refractivity contribution is 5.87. The van der Waals surface area contributed by atoms with Crippen LogP contribution in [-0.2, 0) is 31.9 Å². The van der Waals surface area contributed by atoms with Crippen molar-refractivity contribution < 1.29 is 29.0 Å². The normalized spacial score (nSPS) is 22.1. The average molecular weight is 517 g/mol. The largest absolute Gasteiger partial charge is 0.480 e. The van der Waals surface area contributed by atoms with Gasteiger partial charge in [0.25, 0.3) is 0 Å². The van der Waals surface area contributed by atoms with Crippen LogP contribution >= 0.6 is 0 Å². The van der Waals surface area contributed by atoms with Gasteiger partial charge in [0.2, 0.25) is 5.91 Å². The molecule has 0 aromatic carbocycles. The van der Waals surface area contributed by atoms with Crippen molar-refractivity contribution >= 4 is 23.8 Å². The number of likely N-dealkylation sites (tertiary alicyclic amines) is 1. The van der Waals surface area contributed by atoms with E-state index in [2.05, 4.69) is 22.8 Å². The Labute approximate surface area is 218 Å². The molecule has 3 aliphatic rings. The molecular weight excluding hydrogens is 476 g/mol. The van der Waals surface area contributed by atoms with Crippen LogP contribution in [0.5, 0.6) is 0 Å². The number of hydrogen-bond acceptors (Lipinski definition) is 7. The van der Waals surface area contributed by atoms with E-state index in [1.165, 1.54) is 10.5 Å². The zero-order chi connectivity index (χ0) is 26.6. The summed E-state index contributed by atoms with van der Waals surface area (Å²) in [6.07, 6.45) is 6.09. The fraction of sp³-hybridized carbons (Fsp3) is 0.704. The molecule has 0 spiro atoms. The van der Waals surface area contributed by atoms with Crippen LogP contribution in [0.25, 0.3) is 0 Å². The topological polar surface area (TPSA) is 130 Å². The van der Waals surface area contributed by atoms with Crippen LogP contribution in [0, 0.1) is 11.8 Å². The van der Waals surface area contributed by atoms with Gasteiger partial charge in [0, 0.05) is 38.4 Å². The first-order valence-electron chi connectivity index (χ1n) is 13.4. The molecule has 1 saturated heterocycles. The number of ether oxygens (including phenoxy) is 2. The van der Waals surface area contributed by atoms with E-state index in [0.717, 1.165) is 56.6 Å². The number of carbonyl (C=O) groups is 3. The fourth-order valence-electron chi connectivity index (χ4n) is 4.93. The minimum absolute atomic E-state index is 0.141. The standard InChI is InChI=1S/C27H40N4O6/c1-27(2,3)37-26(35)31-15-19(16-31)24(32)30-22(25(33)34)10-12-36-21-13-17(14-21)6-8-20-9-7-18-5-4-11-28-23(18)29-20/h7,9,17,19,21-22H,4-6,8,10-16H2,1-3H3,(H,28,29)(H,30,32)(H,33,34)/t17-,21-,22?. The molecule has 10 nitrogen and oxygen atoms in total. The molecule has 4 rings (SSSR count). The fourth-order valence-corrected chi connectivity index (χ4v) is 4.93. The van der Waals surface area contributed by atoms with Crippen molar-refractivity contribution in [3.05, 3.63) is 23.4 Å². The van der Waals surface area contributed by atoms with Gasteiger partial charge in [-0.05, 0) is 76.8 Å². The van der Waals surface area contributed by atoms with E-state index in [1.54, 1.807) is 20.8 Å². The third kappa shape index (κ3) is 7.56. The van der Waals surface area contributed by atoms with Crippen LogP contribution in [-0.4, -0.2) is 76.9 Å². The van der Waals surface area contributed by atoms with Crippen molar-refractivity contribution in [2.45, 2.75) is 83.5 Å². The van der Waals surface area contributed by atoms with Gasteiger partial charge in [-0.25, -0.2) is 14.6 Å². The number of carboxylic acid groups (broad SMARTS) is 1. The Balaban J connectivity index is 1.10. The van der Waals surface area contributed by atoms with Crippen LogP contribution in [0.2, 0.25) is 0 Å². The van der Waals surface area contributed by atoms with Crippen molar-refractivity contribution in [3.8, 4) is 0 Å². The Bertz CT molecular complexity index is 982. The summed E-state index contributed by atoms with van der Waals surface area (Å²) < 4.78 is 11.2. The quantitative estimate of drug-likeness (QED) is 0.433. The van der Waals surface area contributed by atoms with Crippen molar-refractivity contribution in [2.75, 3.05) is 31.6 Å². The lowest BCUT2D eigenvalue weighted by Gasteiger charge is -2.39.